The fourth-order valence-electron chi connectivity index (χ4n) is 7.05. The van der Waals surface area contributed by atoms with Gasteiger partial charge in [-0.2, -0.15) is 9.29 Å². The molecule has 1 saturated heterocycles. The number of phosphoric acid groups is 2. The molecule has 1 fully saturated rings. The molecular formula is C52H83N3O17P2. The van der Waals surface area contributed by atoms with Crippen LogP contribution in [-0.4, -0.2) is 108 Å². The van der Waals surface area contributed by atoms with Gasteiger partial charge in [0.25, 0.3) is 0 Å². The molecule has 0 saturated carbocycles. The summed E-state index contributed by atoms with van der Waals surface area (Å²) in [5.41, 5.74) is 4.56. The third-order valence-corrected chi connectivity index (χ3v) is 13.8. The van der Waals surface area contributed by atoms with Crippen molar-refractivity contribution in [1.82, 2.24) is 9.55 Å². The summed E-state index contributed by atoms with van der Waals surface area (Å²) in [6.45, 7) is 1.69. The summed E-state index contributed by atoms with van der Waals surface area (Å²) < 4.78 is 56.6. The number of hydrogen-bond acceptors (Lipinski definition) is 17. The van der Waals surface area contributed by atoms with Crippen LogP contribution in [0.5, 0.6) is 0 Å². The lowest BCUT2D eigenvalue weighted by Crippen LogP contribution is -2.36. The lowest BCUT2D eigenvalue weighted by atomic mass is 10.0. The first-order valence-electron chi connectivity index (χ1n) is 25.8. The highest BCUT2D eigenvalue weighted by Gasteiger charge is 2.46. The SMILES string of the molecule is CC/C=C\C/C=C\C/C=C\C/C=C\C[C@H](O)[C@@H](O)CCCC(=O)OC[C@H](COP(=O)(O)OP(=O)(O)OC[C@H]1O[C@@H](n2ccc(N)nc2=O)[C@H](O)[C@@H]1O)OC(=O)CCCCCC/C=C\C/C=C\C/C=C\CCCCC. The van der Waals surface area contributed by atoms with Crippen LogP contribution in [0.25, 0.3) is 0 Å². The molecule has 0 radical (unpaired) electrons. The maximum Gasteiger partial charge on any atom is 0.481 e. The number of ether oxygens (including phenoxy) is 3. The molecule has 2 rings (SSSR count). The highest BCUT2D eigenvalue weighted by Crippen LogP contribution is 2.60. The van der Waals surface area contributed by atoms with Crippen LogP contribution in [0.2, 0.25) is 0 Å². The number of esters is 2. The average molecular weight is 1080 g/mol. The van der Waals surface area contributed by atoms with E-state index in [0.717, 1.165) is 68.6 Å². The topological polar surface area (TPSA) is 306 Å². The molecule has 0 amide bonds. The van der Waals surface area contributed by atoms with Crippen molar-refractivity contribution in [3.63, 3.8) is 0 Å². The Kier molecular flexibility index (Phi) is 35.0. The summed E-state index contributed by atoms with van der Waals surface area (Å²) in [7, 11) is -11.0. The maximum absolute atomic E-state index is 12.9. The highest BCUT2D eigenvalue weighted by atomic mass is 31.3. The summed E-state index contributed by atoms with van der Waals surface area (Å²) in [6, 6.07) is 1.23. The molecule has 0 aliphatic carbocycles. The predicted molar refractivity (Wildman–Crippen MR) is 282 cm³/mol. The zero-order valence-corrected chi connectivity index (χ0v) is 44.9. The minimum absolute atomic E-state index is 0.0413. The van der Waals surface area contributed by atoms with Gasteiger partial charge in [0.1, 0.15) is 30.7 Å². The van der Waals surface area contributed by atoms with Crippen LogP contribution in [0.4, 0.5) is 5.82 Å². The van der Waals surface area contributed by atoms with Crippen LogP contribution in [0.1, 0.15) is 148 Å². The van der Waals surface area contributed by atoms with Crippen molar-refractivity contribution >= 4 is 33.4 Å². The van der Waals surface area contributed by atoms with Gasteiger partial charge in [0, 0.05) is 19.0 Å². The van der Waals surface area contributed by atoms with E-state index in [0.29, 0.717) is 19.3 Å². The number of hydrogen-bond donors (Lipinski definition) is 7. The van der Waals surface area contributed by atoms with Gasteiger partial charge in [0.05, 0.1) is 25.4 Å². The molecule has 22 heteroatoms. The Hall–Kier alpha value is -4.14. The lowest BCUT2D eigenvalue weighted by molar-refractivity contribution is -0.161. The molecule has 9 atom stereocenters. The van der Waals surface area contributed by atoms with Crippen LogP contribution in [-0.2, 0) is 46.3 Å². The number of nitrogen functional groups attached to an aromatic ring is 1. The van der Waals surface area contributed by atoms with Gasteiger partial charge >= 0.3 is 33.3 Å². The van der Waals surface area contributed by atoms with Crippen molar-refractivity contribution in [2.24, 2.45) is 0 Å². The fraction of sp³-hybridized carbons (Fsp3) is 0.615. The van der Waals surface area contributed by atoms with E-state index >= 15 is 0 Å². The Morgan fingerprint density at radius 1 is 0.716 bits per heavy atom. The van der Waals surface area contributed by atoms with Crippen LogP contribution < -0.4 is 11.4 Å². The number of aromatic nitrogens is 2. The van der Waals surface area contributed by atoms with Crippen LogP contribution in [0.3, 0.4) is 0 Å². The molecule has 20 nitrogen and oxygen atoms in total. The second-order valence-corrected chi connectivity index (χ2v) is 20.6. The smallest absolute Gasteiger partial charge is 0.462 e. The number of nitrogens with two attached hydrogens (primary N) is 1. The number of unbranched alkanes of at least 4 members (excludes halogenated alkanes) is 7. The standard InChI is InChI=1S/C52H83N3O17P2/c1-3-5-7-9-11-13-15-17-18-19-20-21-23-25-27-29-31-35-48(59)70-42(39-67-47(58)36-32-34-44(57)43(56)33-30-28-26-24-22-16-14-12-10-8-6-4-2)40-68-73(63,64)72-74(65,66)69-41-45-49(60)50(61)51(71-45)55-38-37-46(53)54-52(55)62/h6,8,11-14,17-18,20-22,24,28,30,37-38,42-45,49-51,56-57,60-61H,3-5,7,9-10,15-16,19,23,25-27,29,31-36,39-41H2,1-2H3,(H,63,64)(H,65,66)(H2,53,54,62)/b8-6-,13-11-,14-12-,18-17-,21-20-,24-22-,30-28-/t42-,43+,44+,45-,49-,50-,51-/m1/s1. The van der Waals surface area contributed by atoms with Crippen LogP contribution >= 0.6 is 15.6 Å². The molecule has 1 aromatic rings. The summed E-state index contributed by atoms with van der Waals surface area (Å²) in [5.74, 6) is -1.63. The van der Waals surface area contributed by atoms with Crippen molar-refractivity contribution in [3.8, 4) is 0 Å². The molecule has 0 aromatic carbocycles. The number of anilines is 1. The van der Waals surface area contributed by atoms with Gasteiger partial charge in [0.2, 0.25) is 0 Å². The average Bonchev–Trinajstić information content (AvgIpc) is 3.63. The van der Waals surface area contributed by atoms with E-state index in [1.54, 1.807) is 6.08 Å². The van der Waals surface area contributed by atoms with Gasteiger partial charge in [0.15, 0.2) is 12.3 Å². The van der Waals surface area contributed by atoms with Gasteiger partial charge in [-0.05, 0) is 96.0 Å². The van der Waals surface area contributed by atoms with E-state index < -0.39 is 95.9 Å². The number of phosphoric ester groups is 2. The van der Waals surface area contributed by atoms with E-state index in [4.69, 9.17) is 29.0 Å². The molecule has 1 aliphatic heterocycles. The number of carbonyl (C=O) groups is 2. The Morgan fingerprint density at radius 3 is 1.88 bits per heavy atom. The predicted octanol–water partition coefficient (Wildman–Crippen LogP) is 8.61. The third kappa shape index (κ3) is 31.0. The third-order valence-electron chi connectivity index (χ3n) is 11.2. The van der Waals surface area contributed by atoms with Crippen molar-refractivity contribution in [3.05, 3.63) is 108 Å². The van der Waals surface area contributed by atoms with Gasteiger partial charge in [-0.25, -0.2) is 13.9 Å². The molecule has 2 heterocycles. The largest absolute Gasteiger partial charge is 0.481 e. The number of allylic oxidation sites excluding steroid dienone is 13. The quantitative estimate of drug-likeness (QED) is 0.0140. The number of aliphatic hydroxyl groups excluding tert-OH is 4. The fourth-order valence-corrected chi connectivity index (χ4v) is 9.16. The number of rotatable bonds is 41. The summed E-state index contributed by atoms with van der Waals surface area (Å²) >= 11 is 0. The zero-order chi connectivity index (χ0) is 54.5. The zero-order valence-electron chi connectivity index (χ0n) is 43.1. The second kappa shape index (κ2) is 39.3. The first kappa shape index (κ1) is 66.0. The summed E-state index contributed by atoms with van der Waals surface area (Å²) in [4.78, 5) is 62.0. The van der Waals surface area contributed by atoms with Gasteiger partial charge < -0.3 is 50.2 Å². The van der Waals surface area contributed by atoms with E-state index in [1.807, 2.05) is 18.2 Å². The molecule has 418 valence electrons. The molecular weight excluding hydrogens is 1000 g/mol. The Bertz CT molecular complexity index is 2110. The first-order chi connectivity index (χ1) is 35.5. The summed E-state index contributed by atoms with van der Waals surface area (Å²) in [6.07, 6.45) is 33.9. The van der Waals surface area contributed by atoms with Gasteiger partial charge in [-0.1, -0.05) is 125 Å². The van der Waals surface area contributed by atoms with E-state index in [1.165, 1.54) is 25.3 Å². The number of nitrogens with zero attached hydrogens (tertiary/aromatic N) is 2. The molecule has 2 unspecified atom stereocenters. The highest BCUT2D eigenvalue weighted by molar-refractivity contribution is 7.61. The van der Waals surface area contributed by atoms with E-state index in [2.05, 4.69) is 83.9 Å². The van der Waals surface area contributed by atoms with Crippen molar-refractivity contribution < 1.29 is 76.5 Å². The normalized spacial score (nSPS) is 20.4. The van der Waals surface area contributed by atoms with Crippen molar-refractivity contribution in [1.29, 1.82) is 0 Å². The van der Waals surface area contributed by atoms with Crippen LogP contribution in [0, 0.1) is 0 Å². The number of carbonyl (C=O) groups excluding carboxylic acids is 2. The van der Waals surface area contributed by atoms with E-state index in [-0.39, 0.29) is 37.9 Å². The monoisotopic (exact) mass is 1080 g/mol. The second-order valence-electron chi connectivity index (χ2n) is 17.6. The lowest BCUT2D eigenvalue weighted by Gasteiger charge is -2.21. The molecule has 74 heavy (non-hydrogen) atoms. The van der Waals surface area contributed by atoms with Crippen molar-refractivity contribution in [2.45, 2.75) is 185 Å². The Morgan fingerprint density at radius 2 is 1.27 bits per heavy atom. The first-order valence-corrected chi connectivity index (χ1v) is 28.8. The molecule has 1 aromatic heterocycles. The maximum atomic E-state index is 12.9. The number of aliphatic hydroxyl groups is 4. The summed E-state index contributed by atoms with van der Waals surface area (Å²) in [5, 5.41) is 41.8. The molecule has 8 N–H and O–H groups in total. The molecule has 1 aliphatic rings. The van der Waals surface area contributed by atoms with Crippen LogP contribution in [0.15, 0.2) is 102 Å². The van der Waals surface area contributed by atoms with Gasteiger partial charge in [-0.3, -0.25) is 23.2 Å². The Labute approximate surface area is 436 Å². The molecule has 0 spiro atoms. The Balaban J connectivity index is 1.88. The van der Waals surface area contributed by atoms with Gasteiger partial charge in [-0.15, -0.1) is 0 Å². The minimum atomic E-state index is -5.50. The van der Waals surface area contributed by atoms with E-state index in [9.17, 15) is 53.7 Å². The molecule has 0 bridgehead atoms. The minimum Gasteiger partial charge on any atom is -0.462 e. The van der Waals surface area contributed by atoms with Crippen molar-refractivity contribution in [2.75, 3.05) is 25.6 Å².